The number of allylic oxidation sites excluding steroid dienone is 2. The van der Waals surface area contributed by atoms with Gasteiger partial charge < -0.3 is 5.11 Å². The van der Waals surface area contributed by atoms with Gasteiger partial charge in [0.15, 0.2) is 0 Å². The molecule has 0 aromatic carbocycles. The van der Waals surface area contributed by atoms with Crippen molar-refractivity contribution >= 4 is 21.9 Å². The molecule has 0 aromatic rings. The Labute approximate surface area is 99.9 Å². The lowest BCUT2D eigenvalue weighted by Crippen LogP contribution is -1.93. The van der Waals surface area contributed by atoms with E-state index in [0.717, 1.165) is 12.8 Å². The minimum atomic E-state index is -0.666. The van der Waals surface area contributed by atoms with Gasteiger partial charge in [0.1, 0.15) is 0 Å². The molecule has 1 aliphatic carbocycles. The van der Waals surface area contributed by atoms with Crippen molar-refractivity contribution in [3.05, 3.63) is 10.1 Å². The van der Waals surface area contributed by atoms with Gasteiger partial charge in [-0.2, -0.15) is 0 Å². The fraction of sp³-hybridized carbons (Fsp3) is 0.750. The lowest BCUT2D eigenvalue weighted by molar-refractivity contribution is -0.137. The maximum absolute atomic E-state index is 10.2. The summed E-state index contributed by atoms with van der Waals surface area (Å²) in [5, 5.41) is 8.44. The fourth-order valence-corrected chi connectivity index (χ4v) is 2.23. The molecule has 0 aliphatic heterocycles. The van der Waals surface area contributed by atoms with E-state index >= 15 is 0 Å². The molecule has 2 nitrogen and oxygen atoms in total. The molecule has 86 valence electrons. The first-order valence-electron chi connectivity index (χ1n) is 5.78. The summed E-state index contributed by atoms with van der Waals surface area (Å²) in [4.78, 5) is 10.2. The molecule has 3 heteroatoms. The van der Waals surface area contributed by atoms with E-state index in [1.165, 1.54) is 43.0 Å². The largest absolute Gasteiger partial charge is 0.481 e. The number of carboxylic acid groups (broad SMARTS) is 1. The Bertz CT molecular complexity index is 246. The van der Waals surface area contributed by atoms with Crippen LogP contribution in [0.4, 0.5) is 0 Å². The molecule has 1 rings (SSSR count). The number of carboxylic acids is 1. The van der Waals surface area contributed by atoms with Gasteiger partial charge in [0.25, 0.3) is 0 Å². The predicted octanol–water partition coefficient (Wildman–Crippen LogP) is 4.24. The Balaban J connectivity index is 1.75. The van der Waals surface area contributed by atoms with Gasteiger partial charge in [-0.3, -0.25) is 4.79 Å². The second-order valence-corrected chi connectivity index (χ2v) is 5.16. The van der Waals surface area contributed by atoms with Crippen LogP contribution in [-0.4, -0.2) is 11.1 Å². The minimum Gasteiger partial charge on any atom is -0.481 e. The Morgan fingerprint density at radius 1 is 1.13 bits per heavy atom. The fourth-order valence-electron chi connectivity index (χ4n) is 1.69. The zero-order valence-electron chi connectivity index (χ0n) is 9.10. The van der Waals surface area contributed by atoms with Crippen molar-refractivity contribution in [3.8, 4) is 0 Å². The van der Waals surface area contributed by atoms with Crippen molar-refractivity contribution < 1.29 is 9.90 Å². The van der Waals surface area contributed by atoms with Gasteiger partial charge >= 0.3 is 5.97 Å². The van der Waals surface area contributed by atoms with Crippen LogP contribution in [-0.2, 0) is 4.79 Å². The molecule has 1 aliphatic rings. The van der Waals surface area contributed by atoms with Crippen LogP contribution in [0.15, 0.2) is 10.1 Å². The molecule has 0 radical (unpaired) electrons. The van der Waals surface area contributed by atoms with Gasteiger partial charge in [-0.1, -0.05) is 47.2 Å². The number of hydrogen-bond donors (Lipinski definition) is 1. The molecular formula is C12H19BrO2. The van der Waals surface area contributed by atoms with Gasteiger partial charge in [-0.15, -0.1) is 0 Å². The van der Waals surface area contributed by atoms with Crippen LogP contribution in [0.25, 0.3) is 0 Å². The minimum absolute atomic E-state index is 0.333. The van der Waals surface area contributed by atoms with Crippen molar-refractivity contribution in [3.63, 3.8) is 0 Å². The molecule has 1 N–H and O–H groups in total. The van der Waals surface area contributed by atoms with Gasteiger partial charge in [-0.05, 0) is 23.7 Å². The van der Waals surface area contributed by atoms with E-state index < -0.39 is 5.97 Å². The number of rotatable bonds is 9. The molecule has 0 saturated heterocycles. The Morgan fingerprint density at radius 2 is 1.67 bits per heavy atom. The van der Waals surface area contributed by atoms with E-state index in [1.54, 1.807) is 5.57 Å². The third-order valence-electron chi connectivity index (χ3n) is 2.75. The van der Waals surface area contributed by atoms with Crippen molar-refractivity contribution in [1.82, 2.24) is 0 Å². The standard InChI is InChI=1S/C12H19BrO2/c13-11-9-10(11)7-5-3-1-2-4-6-8-12(14)15/h1-9H2,(H,14,15). The summed E-state index contributed by atoms with van der Waals surface area (Å²) in [5.74, 6) is -0.666. The summed E-state index contributed by atoms with van der Waals surface area (Å²) < 4.78 is 1.42. The van der Waals surface area contributed by atoms with Crippen LogP contribution in [0.5, 0.6) is 0 Å². The Morgan fingerprint density at radius 3 is 2.20 bits per heavy atom. The Kier molecular flexibility index (Phi) is 5.99. The normalized spacial score (nSPS) is 14.5. The van der Waals surface area contributed by atoms with Crippen LogP contribution < -0.4 is 0 Å². The quantitative estimate of drug-likeness (QED) is 0.639. The second-order valence-electron chi connectivity index (χ2n) is 4.20. The summed E-state index contributed by atoms with van der Waals surface area (Å²) in [5.41, 5.74) is 1.60. The average molecular weight is 275 g/mol. The molecule has 0 atom stereocenters. The summed E-state index contributed by atoms with van der Waals surface area (Å²) in [6, 6.07) is 0. The summed E-state index contributed by atoms with van der Waals surface area (Å²) in [6.07, 6.45) is 9.73. The van der Waals surface area contributed by atoms with Crippen molar-refractivity contribution in [2.24, 2.45) is 0 Å². The highest BCUT2D eigenvalue weighted by Crippen LogP contribution is 2.39. The van der Waals surface area contributed by atoms with Gasteiger partial charge in [0.2, 0.25) is 0 Å². The molecule has 0 aromatic heterocycles. The van der Waals surface area contributed by atoms with E-state index in [2.05, 4.69) is 15.9 Å². The van der Waals surface area contributed by atoms with Gasteiger partial charge in [0.05, 0.1) is 0 Å². The van der Waals surface area contributed by atoms with Crippen LogP contribution in [0, 0.1) is 0 Å². The zero-order valence-corrected chi connectivity index (χ0v) is 10.7. The number of aliphatic carboxylic acids is 1. The summed E-state index contributed by atoms with van der Waals surface area (Å²) >= 11 is 3.49. The van der Waals surface area contributed by atoms with E-state index in [9.17, 15) is 4.79 Å². The highest BCUT2D eigenvalue weighted by Gasteiger charge is 2.16. The van der Waals surface area contributed by atoms with E-state index in [4.69, 9.17) is 5.11 Å². The van der Waals surface area contributed by atoms with E-state index in [1.807, 2.05) is 0 Å². The van der Waals surface area contributed by atoms with Crippen molar-refractivity contribution in [1.29, 1.82) is 0 Å². The lowest BCUT2D eigenvalue weighted by Gasteiger charge is -1.99. The molecule has 15 heavy (non-hydrogen) atoms. The topological polar surface area (TPSA) is 37.3 Å². The highest BCUT2D eigenvalue weighted by atomic mass is 79.9. The van der Waals surface area contributed by atoms with E-state index in [-0.39, 0.29) is 0 Å². The van der Waals surface area contributed by atoms with Crippen molar-refractivity contribution in [2.75, 3.05) is 0 Å². The summed E-state index contributed by atoms with van der Waals surface area (Å²) in [7, 11) is 0. The van der Waals surface area contributed by atoms with Gasteiger partial charge in [-0.25, -0.2) is 0 Å². The first kappa shape index (κ1) is 12.8. The number of unbranched alkanes of at least 4 members (excludes halogenated alkanes) is 5. The van der Waals surface area contributed by atoms with Crippen LogP contribution in [0.3, 0.4) is 0 Å². The molecule has 0 spiro atoms. The Hall–Kier alpha value is -0.310. The molecule has 0 amide bonds. The maximum atomic E-state index is 10.2. The predicted molar refractivity (Wildman–Crippen MR) is 65.1 cm³/mol. The third kappa shape index (κ3) is 6.72. The first-order valence-corrected chi connectivity index (χ1v) is 6.57. The second kappa shape index (κ2) is 7.04. The van der Waals surface area contributed by atoms with Crippen LogP contribution >= 0.6 is 15.9 Å². The average Bonchev–Trinajstić information content (AvgIpc) is 2.86. The molecule has 0 unspecified atom stereocenters. The molecule has 0 fully saturated rings. The maximum Gasteiger partial charge on any atom is 0.303 e. The number of carbonyl (C=O) groups is 1. The van der Waals surface area contributed by atoms with Crippen LogP contribution in [0.1, 0.15) is 57.8 Å². The number of halogens is 1. The highest BCUT2D eigenvalue weighted by molar-refractivity contribution is 9.12. The molecule has 0 saturated carbocycles. The molecular weight excluding hydrogens is 256 g/mol. The lowest BCUT2D eigenvalue weighted by atomic mass is 10.1. The SMILES string of the molecule is O=C(O)CCCCCCCCC1=C(Br)C1. The third-order valence-corrected chi connectivity index (χ3v) is 3.59. The smallest absolute Gasteiger partial charge is 0.303 e. The van der Waals surface area contributed by atoms with Crippen LogP contribution in [0.2, 0.25) is 0 Å². The summed E-state index contributed by atoms with van der Waals surface area (Å²) in [6.45, 7) is 0. The molecule has 0 heterocycles. The zero-order chi connectivity index (χ0) is 11.1. The van der Waals surface area contributed by atoms with Crippen molar-refractivity contribution in [2.45, 2.75) is 57.8 Å². The first-order chi connectivity index (χ1) is 7.20. The molecule has 0 bridgehead atoms. The number of hydrogen-bond acceptors (Lipinski definition) is 1. The monoisotopic (exact) mass is 274 g/mol. The van der Waals surface area contributed by atoms with Gasteiger partial charge in [0, 0.05) is 12.8 Å². The van der Waals surface area contributed by atoms with E-state index in [0.29, 0.717) is 6.42 Å².